The summed E-state index contributed by atoms with van der Waals surface area (Å²) in [7, 11) is 3.85. The van der Waals surface area contributed by atoms with Gasteiger partial charge in [0.1, 0.15) is 0 Å². The molecule has 1 N–H and O–H groups in total. The fraction of sp³-hybridized carbons (Fsp3) is 0.846. The van der Waals surface area contributed by atoms with Crippen LogP contribution in [0.4, 0.5) is 0 Å². The van der Waals surface area contributed by atoms with Gasteiger partial charge in [0, 0.05) is 19.8 Å². The minimum absolute atomic E-state index is 0.643. The van der Waals surface area contributed by atoms with Crippen LogP contribution in [-0.4, -0.2) is 26.8 Å². The second-order valence-electron chi connectivity index (χ2n) is 4.43. The zero-order valence-electron chi connectivity index (χ0n) is 10.2. The first kappa shape index (κ1) is 12.7. The van der Waals surface area contributed by atoms with Gasteiger partial charge in [-0.05, 0) is 52.0 Å². The first-order chi connectivity index (χ1) is 7.36. The monoisotopic (exact) mass is 211 g/mol. The molecule has 88 valence electrons. The molecule has 1 unspecified atom stereocenters. The molecule has 0 bridgehead atoms. The molecule has 0 amide bonds. The Morgan fingerprint density at radius 3 is 2.93 bits per heavy atom. The number of hydrogen-bond donors (Lipinski definition) is 1. The van der Waals surface area contributed by atoms with E-state index in [1.165, 1.54) is 38.5 Å². The Labute approximate surface area is 94.1 Å². The minimum atomic E-state index is 0.643. The van der Waals surface area contributed by atoms with Crippen LogP contribution in [0.25, 0.3) is 0 Å². The van der Waals surface area contributed by atoms with E-state index < -0.39 is 0 Å². The Bertz CT molecular complexity index is 189. The summed E-state index contributed by atoms with van der Waals surface area (Å²) in [5.74, 6) is 0. The van der Waals surface area contributed by atoms with Crippen molar-refractivity contribution in [3.8, 4) is 0 Å². The fourth-order valence-corrected chi connectivity index (χ4v) is 2.23. The highest BCUT2D eigenvalue weighted by Gasteiger charge is 2.10. The van der Waals surface area contributed by atoms with Crippen molar-refractivity contribution in [1.29, 1.82) is 0 Å². The molecular weight excluding hydrogens is 186 g/mol. The standard InChI is InChI=1S/C13H25NO/c1-14-13(9-6-10-15-2)11-12-7-4-3-5-8-12/h7,13-14H,3-6,8-11H2,1-2H3. The molecule has 1 rings (SSSR count). The van der Waals surface area contributed by atoms with Gasteiger partial charge < -0.3 is 10.1 Å². The van der Waals surface area contributed by atoms with Gasteiger partial charge in [-0.2, -0.15) is 0 Å². The van der Waals surface area contributed by atoms with Crippen molar-refractivity contribution < 1.29 is 4.74 Å². The van der Waals surface area contributed by atoms with Gasteiger partial charge in [0.15, 0.2) is 0 Å². The number of ether oxygens (including phenoxy) is 1. The predicted octanol–water partition coefficient (Wildman–Crippen LogP) is 2.89. The lowest BCUT2D eigenvalue weighted by Crippen LogP contribution is -2.26. The van der Waals surface area contributed by atoms with Gasteiger partial charge >= 0.3 is 0 Å². The lowest BCUT2D eigenvalue weighted by Gasteiger charge is -2.20. The molecular formula is C13H25NO. The smallest absolute Gasteiger partial charge is 0.0462 e. The largest absolute Gasteiger partial charge is 0.385 e. The maximum atomic E-state index is 5.08. The second-order valence-corrected chi connectivity index (χ2v) is 4.43. The lowest BCUT2D eigenvalue weighted by molar-refractivity contribution is 0.189. The Kier molecular flexibility index (Phi) is 6.69. The predicted molar refractivity (Wildman–Crippen MR) is 65.1 cm³/mol. The van der Waals surface area contributed by atoms with Gasteiger partial charge in [-0.25, -0.2) is 0 Å². The van der Waals surface area contributed by atoms with Crippen molar-refractivity contribution in [2.45, 2.75) is 51.0 Å². The van der Waals surface area contributed by atoms with Crippen molar-refractivity contribution >= 4 is 0 Å². The van der Waals surface area contributed by atoms with E-state index >= 15 is 0 Å². The van der Waals surface area contributed by atoms with Crippen molar-refractivity contribution in [2.24, 2.45) is 0 Å². The van der Waals surface area contributed by atoms with Crippen LogP contribution in [0, 0.1) is 0 Å². The van der Waals surface area contributed by atoms with E-state index in [1.807, 2.05) is 0 Å². The average Bonchev–Trinajstić information content (AvgIpc) is 2.29. The first-order valence-corrected chi connectivity index (χ1v) is 6.21. The molecule has 0 fully saturated rings. The van der Waals surface area contributed by atoms with Crippen molar-refractivity contribution in [3.63, 3.8) is 0 Å². The van der Waals surface area contributed by atoms with Crippen LogP contribution in [0.5, 0.6) is 0 Å². The number of rotatable bonds is 7. The van der Waals surface area contributed by atoms with Gasteiger partial charge in [0.2, 0.25) is 0 Å². The minimum Gasteiger partial charge on any atom is -0.385 e. The van der Waals surface area contributed by atoms with E-state index in [2.05, 4.69) is 18.4 Å². The van der Waals surface area contributed by atoms with E-state index in [9.17, 15) is 0 Å². The summed E-state index contributed by atoms with van der Waals surface area (Å²) in [6.45, 7) is 0.886. The summed E-state index contributed by atoms with van der Waals surface area (Å²) in [6.07, 6.45) is 11.5. The average molecular weight is 211 g/mol. The zero-order chi connectivity index (χ0) is 10.9. The number of hydrogen-bond acceptors (Lipinski definition) is 2. The third-order valence-electron chi connectivity index (χ3n) is 3.20. The van der Waals surface area contributed by atoms with Crippen LogP contribution in [0.2, 0.25) is 0 Å². The van der Waals surface area contributed by atoms with Crippen molar-refractivity contribution in [2.75, 3.05) is 20.8 Å². The Balaban J connectivity index is 2.22. The summed E-state index contributed by atoms with van der Waals surface area (Å²) in [5.41, 5.74) is 1.66. The molecule has 0 saturated heterocycles. The maximum absolute atomic E-state index is 5.08. The van der Waals surface area contributed by atoms with E-state index in [0.29, 0.717) is 6.04 Å². The molecule has 1 aliphatic rings. The Morgan fingerprint density at radius 1 is 1.47 bits per heavy atom. The number of allylic oxidation sites excluding steroid dienone is 1. The van der Waals surface area contributed by atoms with Crippen LogP contribution in [-0.2, 0) is 4.74 Å². The zero-order valence-corrected chi connectivity index (χ0v) is 10.2. The molecule has 0 saturated carbocycles. The quantitative estimate of drug-likeness (QED) is 0.516. The maximum Gasteiger partial charge on any atom is 0.0462 e. The molecule has 2 nitrogen and oxygen atoms in total. The first-order valence-electron chi connectivity index (χ1n) is 6.21. The molecule has 0 aromatic rings. The van der Waals surface area contributed by atoms with Crippen LogP contribution < -0.4 is 5.32 Å². The molecule has 1 atom stereocenters. The van der Waals surface area contributed by atoms with Crippen LogP contribution in [0.3, 0.4) is 0 Å². The van der Waals surface area contributed by atoms with E-state index in [0.717, 1.165) is 13.0 Å². The lowest BCUT2D eigenvalue weighted by atomic mass is 9.93. The normalized spacial score (nSPS) is 18.7. The van der Waals surface area contributed by atoms with Crippen LogP contribution in [0.15, 0.2) is 11.6 Å². The number of nitrogens with one attached hydrogen (secondary N) is 1. The van der Waals surface area contributed by atoms with Crippen LogP contribution in [0.1, 0.15) is 44.9 Å². The fourth-order valence-electron chi connectivity index (χ4n) is 2.23. The van der Waals surface area contributed by atoms with Gasteiger partial charge in [0.05, 0.1) is 0 Å². The molecule has 0 aliphatic heterocycles. The molecule has 0 heterocycles. The van der Waals surface area contributed by atoms with Crippen LogP contribution >= 0.6 is 0 Å². The molecule has 1 aliphatic carbocycles. The van der Waals surface area contributed by atoms with Gasteiger partial charge in [-0.15, -0.1) is 0 Å². The third-order valence-corrected chi connectivity index (χ3v) is 3.20. The van der Waals surface area contributed by atoms with Gasteiger partial charge in [-0.3, -0.25) is 0 Å². The molecule has 0 aromatic carbocycles. The highest BCUT2D eigenvalue weighted by molar-refractivity contribution is 5.06. The second kappa shape index (κ2) is 7.89. The summed E-state index contributed by atoms with van der Waals surface area (Å²) < 4.78 is 5.08. The topological polar surface area (TPSA) is 21.3 Å². The highest BCUT2D eigenvalue weighted by atomic mass is 16.5. The summed E-state index contributed by atoms with van der Waals surface area (Å²) in [6, 6.07) is 0.643. The summed E-state index contributed by atoms with van der Waals surface area (Å²) >= 11 is 0. The molecule has 0 spiro atoms. The van der Waals surface area contributed by atoms with E-state index in [4.69, 9.17) is 4.74 Å². The molecule has 2 heteroatoms. The third kappa shape index (κ3) is 5.33. The Hall–Kier alpha value is -0.340. The SMILES string of the molecule is CNC(CCCOC)CC1=CCCCC1. The summed E-state index contributed by atoms with van der Waals surface area (Å²) in [5, 5.41) is 3.41. The van der Waals surface area contributed by atoms with Gasteiger partial charge in [-0.1, -0.05) is 11.6 Å². The molecule has 0 radical (unpaired) electrons. The Morgan fingerprint density at radius 2 is 2.33 bits per heavy atom. The molecule has 0 aromatic heterocycles. The van der Waals surface area contributed by atoms with Crippen molar-refractivity contribution in [3.05, 3.63) is 11.6 Å². The van der Waals surface area contributed by atoms with E-state index in [1.54, 1.807) is 12.7 Å². The van der Waals surface area contributed by atoms with Crippen molar-refractivity contribution in [1.82, 2.24) is 5.32 Å². The van der Waals surface area contributed by atoms with Gasteiger partial charge in [0.25, 0.3) is 0 Å². The highest BCUT2D eigenvalue weighted by Crippen LogP contribution is 2.22. The number of methoxy groups -OCH3 is 1. The summed E-state index contributed by atoms with van der Waals surface area (Å²) in [4.78, 5) is 0. The molecule has 15 heavy (non-hydrogen) atoms. The van der Waals surface area contributed by atoms with E-state index in [-0.39, 0.29) is 0 Å².